The number of carboxylic acid groups (broad SMARTS) is 1. The second-order valence-corrected chi connectivity index (χ2v) is 11.7. The van der Waals surface area contributed by atoms with Crippen LogP contribution in [0.15, 0.2) is 60.7 Å². The summed E-state index contributed by atoms with van der Waals surface area (Å²) in [6, 6.07) is 16.8. The molecule has 1 unspecified atom stereocenters. The molecule has 3 amide bonds. The van der Waals surface area contributed by atoms with Crippen LogP contribution >= 0.6 is 0 Å². The number of rotatable bonds is 14. The summed E-state index contributed by atoms with van der Waals surface area (Å²) in [6.07, 6.45) is 0.503. The zero-order valence-corrected chi connectivity index (χ0v) is 25.1. The molecule has 0 aromatic heterocycles. The van der Waals surface area contributed by atoms with E-state index in [2.05, 4.69) is 10.6 Å². The number of nitrogens with zero attached hydrogens (tertiary/aromatic N) is 1. The van der Waals surface area contributed by atoms with Gasteiger partial charge in [-0.25, -0.2) is 9.59 Å². The van der Waals surface area contributed by atoms with Crippen LogP contribution in [0, 0.1) is 5.92 Å². The van der Waals surface area contributed by atoms with E-state index in [0.717, 1.165) is 17.5 Å². The van der Waals surface area contributed by atoms with E-state index in [1.54, 1.807) is 20.8 Å². The van der Waals surface area contributed by atoms with Gasteiger partial charge in [0, 0.05) is 18.9 Å². The number of amides is 3. The molecule has 0 aliphatic rings. The molecule has 3 N–H and O–H groups in total. The number of hydrogen-bond acceptors (Lipinski definition) is 5. The van der Waals surface area contributed by atoms with Crippen molar-refractivity contribution in [3.05, 3.63) is 71.8 Å². The standard InChI is InChI=1S/C32H45N3O6/c1-7-24(25-16-12-9-13-17-25)20-35(31(40)41-32(4,5)6)21-28(36)33-26(19-23-14-10-8-11-15-23)29(37)34-27(30(38)39)18-22(2)3/h8-17,22,24,26-27H,7,18-21H2,1-6H3,(H,33,36)(H,34,37)(H,38,39)/t24?,26-,27-/m1/s1. The average Bonchev–Trinajstić information content (AvgIpc) is 2.90. The van der Waals surface area contributed by atoms with Gasteiger partial charge in [0.1, 0.15) is 24.2 Å². The van der Waals surface area contributed by atoms with Gasteiger partial charge in [0.15, 0.2) is 0 Å². The lowest BCUT2D eigenvalue weighted by molar-refractivity contribution is -0.142. The van der Waals surface area contributed by atoms with E-state index < -0.39 is 41.6 Å². The minimum absolute atomic E-state index is 0.0349. The molecular formula is C32H45N3O6. The van der Waals surface area contributed by atoms with Crippen molar-refractivity contribution in [2.45, 2.75) is 84.4 Å². The van der Waals surface area contributed by atoms with Crippen LogP contribution in [0.1, 0.15) is 71.4 Å². The van der Waals surface area contributed by atoms with Crippen LogP contribution in [-0.4, -0.2) is 64.7 Å². The fourth-order valence-corrected chi connectivity index (χ4v) is 4.43. The van der Waals surface area contributed by atoms with Gasteiger partial charge in [0.25, 0.3) is 0 Å². The fourth-order valence-electron chi connectivity index (χ4n) is 4.43. The van der Waals surface area contributed by atoms with Crippen molar-refractivity contribution in [2.75, 3.05) is 13.1 Å². The van der Waals surface area contributed by atoms with Crippen LogP contribution in [0.2, 0.25) is 0 Å². The van der Waals surface area contributed by atoms with Crippen molar-refractivity contribution in [1.29, 1.82) is 0 Å². The summed E-state index contributed by atoms with van der Waals surface area (Å²) in [7, 11) is 0. The van der Waals surface area contributed by atoms with Crippen molar-refractivity contribution in [3.8, 4) is 0 Å². The topological polar surface area (TPSA) is 125 Å². The monoisotopic (exact) mass is 567 g/mol. The van der Waals surface area contributed by atoms with E-state index in [1.807, 2.05) is 81.4 Å². The Hall–Kier alpha value is -3.88. The number of hydrogen-bond donors (Lipinski definition) is 3. The molecular weight excluding hydrogens is 522 g/mol. The molecule has 224 valence electrons. The fraction of sp³-hybridized carbons (Fsp3) is 0.500. The van der Waals surface area contributed by atoms with E-state index >= 15 is 0 Å². The van der Waals surface area contributed by atoms with Crippen molar-refractivity contribution in [1.82, 2.24) is 15.5 Å². The Morgan fingerprint density at radius 1 is 0.902 bits per heavy atom. The van der Waals surface area contributed by atoms with E-state index in [-0.39, 0.29) is 37.8 Å². The number of carbonyl (C=O) groups is 4. The first-order valence-electron chi connectivity index (χ1n) is 14.2. The highest BCUT2D eigenvalue weighted by atomic mass is 16.6. The summed E-state index contributed by atoms with van der Waals surface area (Å²) < 4.78 is 5.61. The summed E-state index contributed by atoms with van der Waals surface area (Å²) in [5, 5.41) is 15.0. The van der Waals surface area contributed by atoms with Crippen LogP contribution < -0.4 is 10.6 Å². The smallest absolute Gasteiger partial charge is 0.410 e. The highest BCUT2D eigenvalue weighted by Gasteiger charge is 2.30. The molecule has 0 aliphatic heterocycles. The van der Waals surface area contributed by atoms with Crippen LogP contribution in [0.25, 0.3) is 0 Å². The SMILES string of the molecule is CCC(CN(CC(=O)N[C@H](Cc1ccccc1)C(=O)N[C@H](CC(C)C)C(=O)O)C(=O)OC(C)(C)C)c1ccccc1. The Labute approximate surface area is 243 Å². The lowest BCUT2D eigenvalue weighted by atomic mass is 9.96. The van der Waals surface area contributed by atoms with Crippen LogP contribution in [-0.2, 0) is 25.5 Å². The minimum Gasteiger partial charge on any atom is -0.480 e. The van der Waals surface area contributed by atoms with Crippen LogP contribution in [0.3, 0.4) is 0 Å². The first-order chi connectivity index (χ1) is 19.3. The summed E-state index contributed by atoms with van der Waals surface area (Å²) >= 11 is 0. The second-order valence-electron chi connectivity index (χ2n) is 11.7. The normalized spacial score (nSPS) is 13.5. The molecule has 0 saturated carbocycles. The minimum atomic E-state index is -1.14. The predicted octanol–water partition coefficient (Wildman–Crippen LogP) is 4.76. The second kappa shape index (κ2) is 15.8. The molecule has 9 nitrogen and oxygen atoms in total. The Morgan fingerprint density at radius 3 is 2.00 bits per heavy atom. The molecule has 0 heterocycles. The summed E-state index contributed by atoms with van der Waals surface area (Å²) in [5.41, 5.74) is 1.07. The Bertz CT molecular complexity index is 1130. The molecule has 2 rings (SSSR count). The van der Waals surface area contributed by atoms with E-state index in [9.17, 15) is 24.3 Å². The third kappa shape index (κ3) is 12.0. The third-order valence-corrected chi connectivity index (χ3v) is 6.45. The molecule has 0 radical (unpaired) electrons. The lowest BCUT2D eigenvalue weighted by Gasteiger charge is -2.30. The number of benzene rings is 2. The quantitative estimate of drug-likeness (QED) is 0.302. The average molecular weight is 568 g/mol. The first-order valence-corrected chi connectivity index (χ1v) is 14.2. The largest absolute Gasteiger partial charge is 0.480 e. The van der Waals surface area contributed by atoms with Crippen molar-refractivity contribution in [2.24, 2.45) is 5.92 Å². The van der Waals surface area contributed by atoms with Crippen molar-refractivity contribution < 1.29 is 29.0 Å². The highest BCUT2D eigenvalue weighted by molar-refractivity contribution is 5.91. The van der Waals surface area contributed by atoms with E-state index in [4.69, 9.17) is 4.74 Å². The summed E-state index contributed by atoms with van der Waals surface area (Å²) in [6.45, 7) is 10.9. The van der Waals surface area contributed by atoms with Gasteiger partial charge in [-0.3, -0.25) is 14.5 Å². The maximum Gasteiger partial charge on any atom is 0.410 e. The van der Waals surface area contributed by atoms with Crippen molar-refractivity contribution >= 4 is 23.9 Å². The van der Waals surface area contributed by atoms with Gasteiger partial charge in [-0.1, -0.05) is 81.4 Å². The summed E-state index contributed by atoms with van der Waals surface area (Å²) in [4.78, 5) is 53.0. The zero-order valence-electron chi connectivity index (χ0n) is 25.1. The molecule has 9 heteroatoms. The summed E-state index contributed by atoms with van der Waals surface area (Å²) in [5.74, 6) is -2.29. The van der Waals surface area contributed by atoms with Gasteiger partial charge in [0.2, 0.25) is 11.8 Å². The third-order valence-electron chi connectivity index (χ3n) is 6.45. The van der Waals surface area contributed by atoms with Gasteiger partial charge in [-0.05, 0) is 50.7 Å². The molecule has 0 spiro atoms. The van der Waals surface area contributed by atoms with Gasteiger partial charge >= 0.3 is 12.1 Å². The highest BCUT2D eigenvalue weighted by Crippen LogP contribution is 2.22. The Morgan fingerprint density at radius 2 is 1.49 bits per heavy atom. The van der Waals surface area contributed by atoms with Gasteiger partial charge < -0.3 is 20.5 Å². The molecule has 0 bridgehead atoms. The Balaban J connectivity index is 2.27. The number of carboxylic acids is 1. The van der Waals surface area contributed by atoms with Gasteiger partial charge in [-0.15, -0.1) is 0 Å². The molecule has 0 saturated heterocycles. The first kappa shape index (κ1) is 33.3. The predicted molar refractivity (Wildman–Crippen MR) is 158 cm³/mol. The number of aliphatic carboxylic acids is 1. The molecule has 2 aromatic rings. The zero-order chi connectivity index (χ0) is 30.6. The molecule has 2 aromatic carbocycles. The molecule has 41 heavy (non-hydrogen) atoms. The Kier molecular flexibility index (Phi) is 12.8. The van der Waals surface area contributed by atoms with Gasteiger partial charge in [0.05, 0.1) is 0 Å². The van der Waals surface area contributed by atoms with E-state index in [0.29, 0.717) is 0 Å². The molecule has 3 atom stereocenters. The molecule has 0 aliphatic carbocycles. The van der Waals surface area contributed by atoms with Crippen LogP contribution in [0.4, 0.5) is 4.79 Å². The number of carbonyl (C=O) groups excluding carboxylic acids is 3. The van der Waals surface area contributed by atoms with Crippen LogP contribution in [0.5, 0.6) is 0 Å². The maximum absolute atomic E-state index is 13.4. The number of nitrogens with one attached hydrogen (secondary N) is 2. The maximum atomic E-state index is 13.4. The number of ether oxygens (including phenoxy) is 1. The van der Waals surface area contributed by atoms with Gasteiger partial charge in [-0.2, -0.15) is 0 Å². The van der Waals surface area contributed by atoms with Crippen molar-refractivity contribution in [3.63, 3.8) is 0 Å². The molecule has 0 fully saturated rings. The lowest BCUT2D eigenvalue weighted by Crippen LogP contribution is -2.54. The van der Waals surface area contributed by atoms with E-state index in [1.165, 1.54) is 4.90 Å².